The fourth-order valence-corrected chi connectivity index (χ4v) is 12.7. The van der Waals surface area contributed by atoms with E-state index in [4.69, 9.17) is 88.2 Å². The van der Waals surface area contributed by atoms with E-state index in [0.29, 0.717) is 99.2 Å². The molecule has 0 bridgehead atoms. The van der Waals surface area contributed by atoms with Crippen molar-refractivity contribution < 1.29 is 60.2 Å². The van der Waals surface area contributed by atoms with Gasteiger partial charge in [-0.05, 0) is 146 Å². The molecule has 0 saturated carbocycles. The summed E-state index contributed by atoms with van der Waals surface area (Å²) in [6.07, 6.45) is 5.03. The van der Waals surface area contributed by atoms with E-state index in [1.54, 1.807) is 99.8 Å². The minimum atomic E-state index is -3.78. The number of nitrogens with zero attached hydrogens (tertiary/aromatic N) is 6. The van der Waals surface area contributed by atoms with E-state index in [2.05, 4.69) is 9.97 Å². The fourth-order valence-electron chi connectivity index (χ4n) is 10.6. The van der Waals surface area contributed by atoms with Crippen molar-refractivity contribution in [3.05, 3.63) is 235 Å². The van der Waals surface area contributed by atoms with Crippen LogP contribution in [-0.2, 0) is 34.4 Å². The molecule has 3 aromatic heterocycles. The smallest absolute Gasteiger partial charge is 0.248 e. The summed E-state index contributed by atoms with van der Waals surface area (Å²) in [6, 6.07) is 43.9. The number of anilines is 3. The van der Waals surface area contributed by atoms with Crippen molar-refractivity contribution in [2.75, 3.05) is 34.3 Å². The average Bonchev–Trinajstić information content (AvgIpc) is 1.64. The molecule has 0 radical (unpaired) electrons. The van der Waals surface area contributed by atoms with Gasteiger partial charge in [0, 0.05) is 108 Å². The Morgan fingerprint density at radius 3 is 1.40 bits per heavy atom. The van der Waals surface area contributed by atoms with E-state index in [1.807, 2.05) is 68.4 Å². The molecule has 6 aromatic carbocycles. The zero-order chi connectivity index (χ0) is 67.3. The van der Waals surface area contributed by atoms with Gasteiger partial charge in [0.2, 0.25) is 67.8 Å². The number of nitrogens with two attached hydrogens (primary N) is 3. The number of primary amides is 1. The van der Waals surface area contributed by atoms with Crippen LogP contribution in [-0.4, -0.2) is 75.3 Å². The molecule has 0 aliphatic carbocycles. The molecule has 3 fully saturated rings. The normalized spacial score (nSPS) is 16.3. The average molecular weight is 1410 g/mol. The number of benzene rings is 6. The molecule has 94 heavy (non-hydrogen) atoms. The number of aryl methyl sites for hydroxylation is 2. The van der Waals surface area contributed by atoms with Gasteiger partial charge in [-0.3, -0.25) is 24.4 Å². The van der Waals surface area contributed by atoms with Crippen LogP contribution in [0.25, 0.3) is 0 Å². The van der Waals surface area contributed by atoms with Crippen LogP contribution in [0.15, 0.2) is 186 Å². The Bertz CT molecular complexity index is 4630. The minimum Gasteiger partial charge on any atom is -0.452 e. The lowest BCUT2D eigenvalue weighted by Crippen LogP contribution is -2.28. The van der Waals surface area contributed by atoms with Crippen LogP contribution in [0, 0.1) is 13.8 Å². The third-order valence-electron chi connectivity index (χ3n) is 15.4. The topological polar surface area (TPSA) is 302 Å². The van der Waals surface area contributed by atoms with Gasteiger partial charge in [-0.25, -0.2) is 37.1 Å². The van der Waals surface area contributed by atoms with Crippen LogP contribution < -0.4 is 49.7 Å². The number of aromatic nitrogens is 3. The SMILES string of the molecule is Cc1cccc(Oc2cc([C@H]3CC(=O)N(c4ccc(S(N)(=O)=O)cc4)C3)ccc2Cl)n1.Cc1cccnc1Oc1cc([C@H]2CC(=O)N(c3ccc(S(N)(=O)=O)cc3)C2)ccc1Cl.NC(=O)c1cccc(N2C[C@@H](c3ccc(Cl)c(Oc4c(Cl)c[n+](O)cc4Cl)c3)CC2=O)c1. The quantitative estimate of drug-likeness (QED) is 0.0548. The number of ether oxygens (including phenoxy) is 3. The maximum Gasteiger partial charge on any atom is 0.248 e. The van der Waals surface area contributed by atoms with Gasteiger partial charge >= 0.3 is 0 Å². The zero-order valence-corrected chi connectivity index (χ0v) is 55.2. The summed E-state index contributed by atoms with van der Waals surface area (Å²) in [5.41, 5.74) is 11.9. The van der Waals surface area contributed by atoms with Crippen molar-refractivity contribution in [1.82, 2.24) is 9.97 Å². The predicted molar refractivity (Wildman–Crippen MR) is 356 cm³/mol. The van der Waals surface area contributed by atoms with Crippen molar-refractivity contribution >= 4 is 119 Å². The molecule has 0 spiro atoms. The van der Waals surface area contributed by atoms with E-state index in [1.165, 1.54) is 36.7 Å². The number of sulfonamides is 2. The Balaban J connectivity index is 0.000000154. The molecule has 21 nitrogen and oxygen atoms in total. The van der Waals surface area contributed by atoms with Crippen LogP contribution in [0.3, 0.4) is 0 Å². The third-order valence-corrected chi connectivity index (χ3v) is 18.8. The number of hydrogen-bond acceptors (Lipinski definition) is 14. The molecule has 3 atom stereocenters. The largest absolute Gasteiger partial charge is 0.452 e. The number of amides is 4. The summed E-state index contributed by atoms with van der Waals surface area (Å²) < 4.78 is 64.1. The Morgan fingerprint density at radius 2 is 0.968 bits per heavy atom. The summed E-state index contributed by atoms with van der Waals surface area (Å²) in [4.78, 5) is 62.9. The summed E-state index contributed by atoms with van der Waals surface area (Å²) in [6.45, 7) is 5.10. The number of hydrogen-bond donors (Lipinski definition) is 4. The van der Waals surface area contributed by atoms with Gasteiger partial charge < -0.3 is 34.6 Å². The number of carbonyl (C=O) groups is 4. The summed E-state index contributed by atoms with van der Waals surface area (Å²) >= 11 is 31.2. The first-order valence-electron chi connectivity index (χ1n) is 28.6. The number of carbonyl (C=O) groups excluding carboxylic acids is 4. The standard InChI is InChI=1S/C22H16Cl3N3O4.2C22H20ClN3O4S/c23-16-5-4-12(7-19(16)32-21-17(24)10-27(31)11-18(21)25)14-8-20(29)28(9-14)15-3-1-2-13(6-15)22(26)30;1-14-3-2-10-25-22(14)30-20-11-15(4-9-19(20)23)16-12-21(27)26(13-16)17-5-7-18(8-6-17)31(24,28)29;1-14-3-2-4-21(25-14)30-20-11-15(5-10-19(20)23)16-12-22(27)26(13-16)17-6-8-18(9-7-17)31(24,28)29/h1-7,10-11,14H,8-9H2,(H2-,26,30,31);2*2-11,16H,12-13H2,1H3,(H2,24,28,29)/p+1/t14-;2*16-/m000/s1. The molecule has 4 amide bonds. The van der Waals surface area contributed by atoms with Crippen molar-refractivity contribution in [2.45, 2.75) is 60.7 Å². The first-order chi connectivity index (χ1) is 44.6. The molecule has 3 saturated heterocycles. The highest BCUT2D eigenvalue weighted by Crippen LogP contribution is 2.43. The van der Waals surface area contributed by atoms with Gasteiger partial charge in [0.1, 0.15) is 17.2 Å². The lowest BCUT2D eigenvalue weighted by atomic mass is 9.98. The van der Waals surface area contributed by atoms with Gasteiger partial charge in [0.25, 0.3) is 0 Å². The molecule has 12 rings (SSSR count). The van der Waals surface area contributed by atoms with Crippen molar-refractivity contribution in [2.24, 2.45) is 16.0 Å². The highest BCUT2D eigenvalue weighted by Gasteiger charge is 2.35. The Hall–Kier alpha value is -8.88. The molecule has 0 unspecified atom stereocenters. The molecule has 3 aliphatic heterocycles. The maximum atomic E-state index is 12.7. The summed E-state index contributed by atoms with van der Waals surface area (Å²) in [5.74, 6) is 1.35. The number of rotatable bonds is 15. The molecular formula is C66H57Cl5N9O12S2+. The number of halogens is 5. The van der Waals surface area contributed by atoms with E-state index in [9.17, 15) is 41.2 Å². The highest BCUT2D eigenvalue weighted by atomic mass is 35.5. The summed E-state index contributed by atoms with van der Waals surface area (Å²) in [5, 5.41) is 21.2. The van der Waals surface area contributed by atoms with E-state index >= 15 is 0 Å². The second kappa shape index (κ2) is 28.8. The second-order valence-corrected chi connectivity index (χ2v) is 27.1. The van der Waals surface area contributed by atoms with Crippen molar-refractivity contribution in [3.63, 3.8) is 0 Å². The van der Waals surface area contributed by atoms with Crippen molar-refractivity contribution in [1.29, 1.82) is 0 Å². The third kappa shape index (κ3) is 16.4. The monoisotopic (exact) mass is 1410 g/mol. The van der Waals surface area contributed by atoms with Gasteiger partial charge in [0.15, 0.2) is 15.8 Å². The van der Waals surface area contributed by atoms with Crippen LogP contribution >= 0.6 is 58.0 Å². The molecule has 6 heterocycles. The van der Waals surface area contributed by atoms with Crippen molar-refractivity contribution in [3.8, 4) is 34.8 Å². The first-order valence-corrected chi connectivity index (χ1v) is 33.6. The molecule has 3 aliphatic rings. The summed E-state index contributed by atoms with van der Waals surface area (Å²) in [7, 11) is -7.57. The van der Waals surface area contributed by atoms with Crippen LogP contribution in [0.4, 0.5) is 17.1 Å². The zero-order valence-electron chi connectivity index (χ0n) is 49.8. The van der Waals surface area contributed by atoms with Gasteiger partial charge in [-0.2, -0.15) is 0 Å². The number of pyridine rings is 3. The Labute approximate surface area is 565 Å². The first kappa shape index (κ1) is 68.0. The van der Waals surface area contributed by atoms with Gasteiger partial charge in [0.05, 0.1) is 24.9 Å². The molecular weight excluding hydrogens is 1350 g/mol. The van der Waals surface area contributed by atoms with E-state index in [0.717, 1.165) is 32.7 Å². The lowest BCUT2D eigenvalue weighted by molar-refractivity contribution is -0.904. The predicted octanol–water partition coefficient (Wildman–Crippen LogP) is 12.6. The number of primary sulfonamides is 2. The molecule has 28 heteroatoms. The second-order valence-electron chi connectivity index (χ2n) is 22.0. The Morgan fingerprint density at radius 1 is 0.532 bits per heavy atom. The Kier molecular flexibility index (Phi) is 20.8. The molecule has 484 valence electrons. The molecule has 7 N–H and O–H groups in total. The van der Waals surface area contributed by atoms with Crippen LogP contribution in [0.1, 0.15) is 75.3 Å². The molecule has 9 aromatic rings. The van der Waals surface area contributed by atoms with Gasteiger partial charge in [-0.15, -0.1) is 0 Å². The van der Waals surface area contributed by atoms with Gasteiger partial charge in [-0.1, -0.05) is 94.4 Å². The maximum absolute atomic E-state index is 12.7. The lowest BCUT2D eigenvalue weighted by Gasteiger charge is -2.18. The van der Waals surface area contributed by atoms with Crippen LogP contribution in [0.2, 0.25) is 25.1 Å². The minimum absolute atomic E-state index is 0.00342. The fraction of sp³-hybridized carbons (Fsp3) is 0.167. The highest BCUT2D eigenvalue weighted by molar-refractivity contribution is 7.89. The van der Waals surface area contributed by atoms with E-state index in [-0.39, 0.29) is 67.5 Å². The van der Waals surface area contributed by atoms with E-state index < -0.39 is 26.0 Å². The van der Waals surface area contributed by atoms with Crippen LogP contribution in [0.5, 0.6) is 34.8 Å².